The predicted molar refractivity (Wildman–Crippen MR) is 76.2 cm³/mol. The van der Waals surface area contributed by atoms with Crippen LogP contribution in [0.15, 0.2) is 4.99 Å². The number of methoxy groups -OCH3 is 1. The van der Waals surface area contributed by atoms with Gasteiger partial charge in [0.25, 0.3) is 0 Å². The molecule has 5 heteroatoms. The summed E-state index contributed by atoms with van der Waals surface area (Å²) in [5.74, 6) is 0.626. The Kier molecular flexibility index (Phi) is 5.30. The second-order valence-electron chi connectivity index (χ2n) is 4.86. The van der Waals surface area contributed by atoms with Crippen molar-refractivity contribution in [1.82, 2.24) is 5.32 Å². The SMILES string of the molecule is COCCC1(CN=C(N)NC2CC2)CC1.I. The van der Waals surface area contributed by atoms with Crippen LogP contribution in [-0.2, 0) is 4.74 Å². The van der Waals surface area contributed by atoms with Crippen molar-refractivity contribution in [2.24, 2.45) is 16.1 Å². The van der Waals surface area contributed by atoms with Crippen molar-refractivity contribution in [1.29, 1.82) is 0 Å². The monoisotopic (exact) mass is 339 g/mol. The minimum Gasteiger partial charge on any atom is -0.385 e. The second-order valence-corrected chi connectivity index (χ2v) is 4.86. The molecule has 2 saturated carbocycles. The molecule has 0 aromatic carbocycles. The Morgan fingerprint density at radius 1 is 1.50 bits per heavy atom. The summed E-state index contributed by atoms with van der Waals surface area (Å²) in [7, 11) is 1.75. The molecule has 2 rings (SSSR count). The maximum Gasteiger partial charge on any atom is 0.188 e. The molecule has 4 nitrogen and oxygen atoms in total. The second kappa shape index (κ2) is 6.05. The highest BCUT2D eigenvalue weighted by Crippen LogP contribution is 2.48. The molecule has 0 aliphatic heterocycles. The van der Waals surface area contributed by atoms with E-state index in [2.05, 4.69) is 10.3 Å². The zero-order chi connectivity index (χ0) is 10.7. The van der Waals surface area contributed by atoms with Gasteiger partial charge >= 0.3 is 0 Å². The van der Waals surface area contributed by atoms with Gasteiger partial charge in [0.15, 0.2) is 5.96 Å². The van der Waals surface area contributed by atoms with Crippen LogP contribution in [0.1, 0.15) is 32.1 Å². The Morgan fingerprint density at radius 2 is 2.19 bits per heavy atom. The topological polar surface area (TPSA) is 59.6 Å². The molecule has 0 saturated heterocycles. The summed E-state index contributed by atoms with van der Waals surface area (Å²) in [6.07, 6.45) is 6.15. The molecular weight excluding hydrogens is 317 g/mol. The summed E-state index contributed by atoms with van der Waals surface area (Å²) in [4.78, 5) is 4.42. The van der Waals surface area contributed by atoms with Crippen LogP contribution in [-0.4, -0.2) is 32.3 Å². The molecule has 0 bridgehead atoms. The highest BCUT2D eigenvalue weighted by Gasteiger charge is 2.41. The molecule has 0 aromatic heterocycles. The van der Waals surface area contributed by atoms with E-state index in [-0.39, 0.29) is 24.0 Å². The van der Waals surface area contributed by atoms with Gasteiger partial charge in [-0.3, -0.25) is 4.99 Å². The summed E-state index contributed by atoms with van der Waals surface area (Å²) in [6.45, 7) is 1.70. The Labute approximate surface area is 114 Å². The Hall–Kier alpha value is -0.0400. The number of hydrogen-bond acceptors (Lipinski definition) is 2. The number of hydrogen-bond donors (Lipinski definition) is 2. The molecule has 2 aliphatic carbocycles. The van der Waals surface area contributed by atoms with Crippen molar-refractivity contribution in [3.05, 3.63) is 0 Å². The minimum absolute atomic E-state index is 0. The molecule has 16 heavy (non-hydrogen) atoms. The highest BCUT2D eigenvalue weighted by molar-refractivity contribution is 14.0. The van der Waals surface area contributed by atoms with E-state index in [0.717, 1.165) is 19.6 Å². The molecule has 2 fully saturated rings. The highest BCUT2D eigenvalue weighted by atomic mass is 127. The molecule has 0 amide bonds. The van der Waals surface area contributed by atoms with E-state index in [1.54, 1.807) is 7.11 Å². The first kappa shape index (κ1) is 14.0. The molecule has 0 radical (unpaired) electrons. The lowest BCUT2D eigenvalue weighted by atomic mass is 10.0. The smallest absolute Gasteiger partial charge is 0.188 e. The minimum atomic E-state index is 0. The first-order valence-electron chi connectivity index (χ1n) is 5.79. The van der Waals surface area contributed by atoms with E-state index >= 15 is 0 Å². The van der Waals surface area contributed by atoms with Gasteiger partial charge in [-0.15, -0.1) is 24.0 Å². The number of nitrogens with one attached hydrogen (secondary N) is 1. The van der Waals surface area contributed by atoms with E-state index in [1.165, 1.54) is 25.7 Å². The number of guanidine groups is 1. The van der Waals surface area contributed by atoms with Gasteiger partial charge in [0.2, 0.25) is 0 Å². The average molecular weight is 339 g/mol. The van der Waals surface area contributed by atoms with Gasteiger partial charge in [-0.2, -0.15) is 0 Å². The first-order valence-corrected chi connectivity index (χ1v) is 5.79. The van der Waals surface area contributed by atoms with Crippen LogP contribution in [0.3, 0.4) is 0 Å². The summed E-state index contributed by atoms with van der Waals surface area (Å²) in [5, 5.41) is 3.21. The zero-order valence-corrected chi connectivity index (χ0v) is 12.2. The maximum atomic E-state index is 5.79. The Morgan fingerprint density at radius 3 is 2.69 bits per heavy atom. The Balaban J connectivity index is 0.00000128. The number of halogens is 1. The maximum absolute atomic E-state index is 5.79. The van der Waals surface area contributed by atoms with Crippen LogP contribution >= 0.6 is 24.0 Å². The van der Waals surface area contributed by atoms with Crippen molar-refractivity contribution in [3.8, 4) is 0 Å². The van der Waals surface area contributed by atoms with Gasteiger partial charge in [0.1, 0.15) is 0 Å². The van der Waals surface area contributed by atoms with Crippen LogP contribution in [0.4, 0.5) is 0 Å². The fourth-order valence-electron chi connectivity index (χ4n) is 1.72. The summed E-state index contributed by atoms with van der Waals surface area (Å²) in [6, 6.07) is 0.600. The number of rotatable bonds is 6. The van der Waals surface area contributed by atoms with E-state index in [9.17, 15) is 0 Å². The van der Waals surface area contributed by atoms with Crippen molar-refractivity contribution in [2.75, 3.05) is 20.3 Å². The van der Waals surface area contributed by atoms with Crippen molar-refractivity contribution in [2.45, 2.75) is 38.1 Å². The predicted octanol–water partition coefficient (Wildman–Crippen LogP) is 1.49. The van der Waals surface area contributed by atoms with Gasteiger partial charge in [-0.25, -0.2) is 0 Å². The lowest BCUT2D eigenvalue weighted by Gasteiger charge is -2.12. The van der Waals surface area contributed by atoms with Gasteiger partial charge in [0.05, 0.1) is 0 Å². The third kappa shape index (κ3) is 4.45. The molecule has 0 heterocycles. The third-order valence-electron chi connectivity index (χ3n) is 3.31. The van der Waals surface area contributed by atoms with Crippen LogP contribution in [0, 0.1) is 5.41 Å². The Bertz CT molecular complexity index is 250. The van der Waals surface area contributed by atoms with E-state index < -0.39 is 0 Å². The number of nitrogens with zero attached hydrogens (tertiary/aromatic N) is 1. The van der Waals surface area contributed by atoms with Gasteiger partial charge in [-0.05, 0) is 37.5 Å². The molecular formula is C11H22IN3O. The van der Waals surface area contributed by atoms with E-state index in [0.29, 0.717) is 17.4 Å². The standard InChI is InChI=1S/C11H21N3O.HI/c1-15-7-6-11(4-5-11)8-13-10(12)14-9-2-3-9;/h9H,2-8H2,1H3,(H3,12,13,14);1H. The van der Waals surface area contributed by atoms with Crippen LogP contribution in [0.25, 0.3) is 0 Å². The molecule has 0 spiro atoms. The van der Waals surface area contributed by atoms with Crippen LogP contribution in [0.2, 0.25) is 0 Å². The molecule has 2 aliphatic rings. The zero-order valence-electron chi connectivity index (χ0n) is 9.87. The van der Waals surface area contributed by atoms with Crippen LogP contribution in [0.5, 0.6) is 0 Å². The van der Waals surface area contributed by atoms with Crippen LogP contribution < -0.4 is 11.1 Å². The summed E-state index contributed by atoms with van der Waals surface area (Å²) >= 11 is 0. The van der Waals surface area contributed by atoms with Gasteiger partial charge < -0.3 is 15.8 Å². The van der Waals surface area contributed by atoms with Crippen molar-refractivity contribution >= 4 is 29.9 Å². The fraction of sp³-hybridized carbons (Fsp3) is 0.909. The lowest BCUT2D eigenvalue weighted by molar-refractivity contribution is 0.174. The molecule has 94 valence electrons. The van der Waals surface area contributed by atoms with E-state index in [1.807, 2.05) is 0 Å². The van der Waals surface area contributed by atoms with Crippen molar-refractivity contribution in [3.63, 3.8) is 0 Å². The van der Waals surface area contributed by atoms with Crippen molar-refractivity contribution < 1.29 is 4.74 Å². The fourth-order valence-corrected chi connectivity index (χ4v) is 1.72. The normalized spacial score (nSPS) is 22.4. The molecule has 0 aromatic rings. The van der Waals surface area contributed by atoms with Gasteiger partial charge in [-0.1, -0.05) is 0 Å². The molecule has 0 unspecified atom stereocenters. The average Bonchev–Trinajstić information content (AvgIpc) is 3.09. The lowest BCUT2D eigenvalue weighted by Crippen LogP contribution is -2.34. The molecule has 0 atom stereocenters. The summed E-state index contributed by atoms with van der Waals surface area (Å²) in [5.41, 5.74) is 6.19. The number of nitrogens with two attached hydrogens (primary N) is 1. The first-order chi connectivity index (χ1) is 7.24. The van der Waals surface area contributed by atoms with Gasteiger partial charge in [0, 0.05) is 26.3 Å². The number of aliphatic imine (C=N–C) groups is 1. The summed E-state index contributed by atoms with van der Waals surface area (Å²) < 4.78 is 5.10. The molecule has 3 N–H and O–H groups in total. The largest absolute Gasteiger partial charge is 0.385 e. The third-order valence-corrected chi connectivity index (χ3v) is 3.31. The number of ether oxygens (including phenoxy) is 1. The van der Waals surface area contributed by atoms with E-state index in [4.69, 9.17) is 10.5 Å². The quantitative estimate of drug-likeness (QED) is 0.438.